The average molecular weight is 286 g/mol. The van der Waals surface area contributed by atoms with Gasteiger partial charge >= 0.3 is 0 Å². The summed E-state index contributed by atoms with van der Waals surface area (Å²) in [4.78, 5) is 0. The maximum atomic E-state index is 6.26. The maximum Gasteiger partial charge on any atom is 0.231 e. The first kappa shape index (κ1) is 13.2. The van der Waals surface area contributed by atoms with Crippen LogP contribution in [-0.2, 0) is 4.74 Å². The van der Waals surface area contributed by atoms with Gasteiger partial charge in [-0.3, -0.25) is 0 Å². The standard InChI is InChI=1S/C18H22O3/c1-10-6-11(2)17-12(3)14(10)8-19-18(17)13-4-5-15-16(7-13)21-9-20-15/h4-7,10,12,14,17-18H,8-9H2,1-3H3/t10-,12-,14+,17-,18+/m0/s1. The number of allylic oxidation sites excluding steroid dienone is 1. The molecular weight excluding hydrogens is 264 g/mol. The first-order valence-corrected chi connectivity index (χ1v) is 7.84. The van der Waals surface area contributed by atoms with Crippen molar-refractivity contribution in [3.8, 4) is 11.5 Å². The molecule has 112 valence electrons. The van der Waals surface area contributed by atoms with E-state index in [1.165, 1.54) is 11.1 Å². The topological polar surface area (TPSA) is 27.7 Å². The van der Waals surface area contributed by atoms with Crippen LogP contribution in [0.2, 0.25) is 0 Å². The number of hydrogen-bond acceptors (Lipinski definition) is 3. The van der Waals surface area contributed by atoms with Crippen LogP contribution in [0.1, 0.15) is 32.4 Å². The Morgan fingerprint density at radius 2 is 1.90 bits per heavy atom. The van der Waals surface area contributed by atoms with Gasteiger partial charge < -0.3 is 14.2 Å². The predicted molar refractivity (Wildman–Crippen MR) is 80.3 cm³/mol. The molecule has 1 aromatic rings. The van der Waals surface area contributed by atoms with Gasteiger partial charge in [0.1, 0.15) is 0 Å². The second-order valence-electron chi connectivity index (χ2n) is 6.69. The molecule has 3 nitrogen and oxygen atoms in total. The third-order valence-electron chi connectivity index (χ3n) is 5.49. The van der Waals surface area contributed by atoms with Gasteiger partial charge in [-0.1, -0.05) is 31.6 Å². The molecule has 1 aliphatic carbocycles. The minimum atomic E-state index is 0.134. The van der Waals surface area contributed by atoms with Crippen molar-refractivity contribution in [2.45, 2.75) is 26.9 Å². The summed E-state index contributed by atoms with van der Waals surface area (Å²) in [6.07, 6.45) is 2.58. The normalized spacial score (nSPS) is 37.3. The summed E-state index contributed by atoms with van der Waals surface area (Å²) < 4.78 is 17.2. The number of ether oxygens (including phenoxy) is 3. The second-order valence-corrected chi connectivity index (χ2v) is 6.69. The fourth-order valence-electron chi connectivity index (χ4n) is 4.34. The zero-order chi connectivity index (χ0) is 14.6. The Morgan fingerprint density at radius 1 is 1.10 bits per heavy atom. The lowest BCUT2D eigenvalue weighted by molar-refractivity contribution is -0.0934. The van der Waals surface area contributed by atoms with Gasteiger partial charge in [0.2, 0.25) is 6.79 Å². The van der Waals surface area contributed by atoms with Crippen molar-refractivity contribution in [2.24, 2.45) is 23.7 Å². The Bertz CT molecular complexity index is 592. The van der Waals surface area contributed by atoms with Gasteiger partial charge in [-0.05, 0) is 42.4 Å². The largest absolute Gasteiger partial charge is 0.454 e. The lowest BCUT2D eigenvalue weighted by Gasteiger charge is -2.47. The summed E-state index contributed by atoms with van der Waals surface area (Å²) in [5, 5.41) is 0. The summed E-state index contributed by atoms with van der Waals surface area (Å²) in [6, 6.07) is 6.21. The molecule has 2 aliphatic heterocycles. The van der Waals surface area contributed by atoms with E-state index >= 15 is 0 Å². The van der Waals surface area contributed by atoms with E-state index in [1.807, 2.05) is 6.07 Å². The summed E-state index contributed by atoms with van der Waals surface area (Å²) in [7, 11) is 0. The molecule has 3 aliphatic rings. The molecule has 0 radical (unpaired) electrons. The minimum absolute atomic E-state index is 0.134. The highest BCUT2D eigenvalue weighted by molar-refractivity contribution is 5.45. The first-order chi connectivity index (χ1) is 10.1. The second kappa shape index (κ2) is 4.77. The van der Waals surface area contributed by atoms with Crippen LogP contribution in [0.3, 0.4) is 0 Å². The summed E-state index contributed by atoms with van der Waals surface area (Å²) in [5.74, 6) is 4.08. The van der Waals surface area contributed by atoms with Gasteiger partial charge in [-0.15, -0.1) is 0 Å². The molecule has 1 aromatic carbocycles. The van der Waals surface area contributed by atoms with Crippen molar-refractivity contribution >= 4 is 0 Å². The average Bonchev–Trinajstić information content (AvgIpc) is 2.91. The molecule has 3 heteroatoms. The fraction of sp³-hybridized carbons (Fsp3) is 0.556. The zero-order valence-electron chi connectivity index (χ0n) is 12.8. The monoisotopic (exact) mass is 286 g/mol. The van der Waals surface area contributed by atoms with Crippen molar-refractivity contribution in [2.75, 3.05) is 13.4 Å². The van der Waals surface area contributed by atoms with Gasteiger partial charge in [0.05, 0.1) is 12.7 Å². The van der Waals surface area contributed by atoms with Crippen molar-refractivity contribution < 1.29 is 14.2 Å². The highest BCUT2D eigenvalue weighted by atomic mass is 16.7. The Kier molecular flexibility index (Phi) is 3.00. The van der Waals surface area contributed by atoms with Gasteiger partial charge in [0.15, 0.2) is 11.5 Å². The molecule has 0 aromatic heterocycles. The zero-order valence-corrected chi connectivity index (χ0v) is 12.8. The van der Waals surface area contributed by atoms with Crippen LogP contribution in [0.25, 0.3) is 0 Å². The molecule has 0 unspecified atom stereocenters. The Labute approximate surface area is 125 Å². The third kappa shape index (κ3) is 1.98. The molecule has 0 spiro atoms. The van der Waals surface area contributed by atoms with E-state index in [9.17, 15) is 0 Å². The van der Waals surface area contributed by atoms with E-state index < -0.39 is 0 Å². The van der Waals surface area contributed by atoms with E-state index in [0.29, 0.717) is 30.5 Å². The summed E-state index contributed by atoms with van der Waals surface area (Å²) >= 11 is 0. The highest BCUT2D eigenvalue weighted by Gasteiger charge is 2.43. The van der Waals surface area contributed by atoms with Gasteiger partial charge in [0.25, 0.3) is 0 Å². The SMILES string of the molecule is CC1=C[C@H](C)[C@H]2CO[C@H](c3ccc4c(c3)OCO4)[C@@H]1[C@H]2C. The molecule has 0 saturated carbocycles. The molecule has 1 fully saturated rings. The Balaban J connectivity index is 1.71. The molecule has 5 atom stereocenters. The van der Waals surface area contributed by atoms with Gasteiger partial charge in [-0.2, -0.15) is 0 Å². The van der Waals surface area contributed by atoms with Crippen LogP contribution in [0, 0.1) is 23.7 Å². The van der Waals surface area contributed by atoms with Crippen LogP contribution in [0.5, 0.6) is 11.5 Å². The molecule has 1 saturated heterocycles. The van der Waals surface area contributed by atoms with E-state index in [0.717, 1.165) is 18.1 Å². The van der Waals surface area contributed by atoms with Crippen LogP contribution in [0.15, 0.2) is 29.8 Å². The fourth-order valence-corrected chi connectivity index (χ4v) is 4.34. The van der Waals surface area contributed by atoms with E-state index in [2.05, 4.69) is 39.0 Å². The molecular formula is C18H22O3. The number of fused-ring (bicyclic) bond motifs is 3. The van der Waals surface area contributed by atoms with Crippen molar-refractivity contribution in [3.05, 3.63) is 35.4 Å². The smallest absolute Gasteiger partial charge is 0.231 e. The van der Waals surface area contributed by atoms with Gasteiger partial charge in [-0.25, -0.2) is 0 Å². The number of benzene rings is 1. The van der Waals surface area contributed by atoms with Gasteiger partial charge in [0, 0.05) is 5.92 Å². The quantitative estimate of drug-likeness (QED) is 0.732. The molecule has 2 heterocycles. The van der Waals surface area contributed by atoms with Crippen molar-refractivity contribution in [1.82, 2.24) is 0 Å². The maximum absolute atomic E-state index is 6.26. The molecule has 2 bridgehead atoms. The number of hydrogen-bond donors (Lipinski definition) is 0. The lowest BCUT2D eigenvalue weighted by Crippen LogP contribution is -2.42. The van der Waals surface area contributed by atoms with Crippen molar-refractivity contribution in [1.29, 1.82) is 0 Å². The lowest BCUT2D eigenvalue weighted by atomic mass is 9.64. The van der Waals surface area contributed by atoms with Crippen LogP contribution >= 0.6 is 0 Å². The Hall–Kier alpha value is -1.48. The molecule has 0 N–H and O–H groups in total. The number of rotatable bonds is 1. The minimum Gasteiger partial charge on any atom is -0.454 e. The van der Waals surface area contributed by atoms with Crippen LogP contribution in [0.4, 0.5) is 0 Å². The first-order valence-electron chi connectivity index (χ1n) is 7.84. The van der Waals surface area contributed by atoms with E-state index in [-0.39, 0.29) is 6.10 Å². The van der Waals surface area contributed by atoms with E-state index in [1.54, 1.807) is 0 Å². The van der Waals surface area contributed by atoms with Crippen molar-refractivity contribution in [3.63, 3.8) is 0 Å². The predicted octanol–water partition coefficient (Wildman–Crippen LogP) is 3.95. The summed E-state index contributed by atoms with van der Waals surface area (Å²) in [5.41, 5.74) is 2.67. The highest BCUT2D eigenvalue weighted by Crippen LogP contribution is 2.50. The van der Waals surface area contributed by atoms with Crippen LogP contribution < -0.4 is 9.47 Å². The molecule has 0 amide bonds. The van der Waals surface area contributed by atoms with Crippen LogP contribution in [-0.4, -0.2) is 13.4 Å². The Morgan fingerprint density at radius 3 is 2.76 bits per heavy atom. The molecule has 4 rings (SSSR count). The van der Waals surface area contributed by atoms with E-state index in [4.69, 9.17) is 14.2 Å². The summed E-state index contributed by atoms with van der Waals surface area (Å²) in [6.45, 7) is 8.11. The third-order valence-corrected chi connectivity index (χ3v) is 5.49. The molecule has 21 heavy (non-hydrogen) atoms.